The molecule has 1 aliphatic heterocycles. The van der Waals surface area contributed by atoms with Gasteiger partial charge in [0.1, 0.15) is 5.60 Å². The highest BCUT2D eigenvalue weighted by atomic mass is 32.1. The molecule has 1 fully saturated rings. The van der Waals surface area contributed by atoms with Crippen LogP contribution in [-0.4, -0.2) is 43.6 Å². The Morgan fingerprint density at radius 3 is 3.38 bits per heavy atom. The van der Waals surface area contributed by atoms with Crippen LogP contribution in [0.25, 0.3) is 0 Å². The van der Waals surface area contributed by atoms with E-state index >= 15 is 0 Å². The Labute approximate surface area is 99.6 Å². The standard InChI is InChI=1S/C11H18N2O2S/c14-11(7-12-3-4-15-9-11)8-13-6-10-2-1-5-16-10/h1-2,5,12-14H,3-4,6-9H2. The van der Waals surface area contributed by atoms with Crippen LogP contribution in [-0.2, 0) is 11.3 Å². The predicted octanol–water partition coefficient (Wildman–Crippen LogP) is 0.189. The van der Waals surface area contributed by atoms with Gasteiger partial charge >= 0.3 is 0 Å². The monoisotopic (exact) mass is 242 g/mol. The van der Waals surface area contributed by atoms with E-state index in [9.17, 15) is 5.11 Å². The maximum Gasteiger partial charge on any atom is 0.113 e. The van der Waals surface area contributed by atoms with Gasteiger partial charge in [0.2, 0.25) is 0 Å². The zero-order valence-corrected chi connectivity index (χ0v) is 10.1. The van der Waals surface area contributed by atoms with E-state index in [-0.39, 0.29) is 0 Å². The summed E-state index contributed by atoms with van der Waals surface area (Å²) in [6, 6.07) is 4.12. The Balaban J connectivity index is 1.75. The van der Waals surface area contributed by atoms with Gasteiger partial charge in [0.05, 0.1) is 13.2 Å². The molecular weight excluding hydrogens is 224 g/mol. The Kier molecular flexibility index (Phi) is 4.31. The zero-order chi connectivity index (χ0) is 11.3. The average Bonchev–Trinajstić information content (AvgIpc) is 2.68. The number of ether oxygens (including phenoxy) is 1. The van der Waals surface area contributed by atoms with Crippen LogP contribution in [0.3, 0.4) is 0 Å². The van der Waals surface area contributed by atoms with Gasteiger partial charge in [0.15, 0.2) is 0 Å². The van der Waals surface area contributed by atoms with Gasteiger partial charge in [-0.3, -0.25) is 0 Å². The first-order valence-corrected chi connectivity index (χ1v) is 6.40. The predicted molar refractivity (Wildman–Crippen MR) is 64.7 cm³/mol. The third kappa shape index (κ3) is 3.54. The summed E-state index contributed by atoms with van der Waals surface area (Å²) in [4.78, 5) is 1.28. The summed E-state index contributed by atoms with van der Waals surface area (Å²) < 4.78 is 5.35. The van der Waals surface area contributed by atoms with Crippen LogP contribution in [0, 0.1) is 0 Å². The summed E-state index contributed by atoms with van der Waals surface area (Å²) in [5.74, 6) is 0. The van der Waals surface area contributed by atoms with Gasteiger partial charge in [-0.25, -0.2) is 0 Å². The molecule has 2 rings (SSSR count). The molecule has 0 saturated carbocycles. The van der Waals surface area contributed by atoms with Gasteiger partial charge in [-0.15, -0.1) is 11.3 Å². The van der Waals surface area contributed by atoms with Crippen LogP contribution >= 0.6 is 11.3 Å². The molecule has 1 aliphatic rings. The molecule has 0 aliphatic carbocycles. The van der Waals surface area contributed by atoms with Crippen molar-refractivity contribution in [3.05, 3.63) is 22.4 Å². The SMILES string of the molecule is OC1(CNCc2cccs2)CNCCOC1. The van der Waals surface area contributed by atoms with Crippen LogP contribution in [0.15, 0.2) is 17.5 Å². The molecule has 0 aromatic carbocycles. The van der Waals surface area contributed by atoms with Crippen LogP contribution in [0.2, 0.25) is 0 Å². The first-order chi connectivity index (χ1) is 7.79. The quantitative estimate of drug-likeness (QED) is 0.705. The van der Waals surface area contributed by atoms with Gasteiger partial charge in [-0.2, -0.15) is 0 Å². The molecule has 16 heavy (non-hydrogen) atoms. The maximum atomic E-state index is 10.2. The lowest BCUT2D eigenvalue weighted by Crippen LogP contribution is -2.49. The number of aliphatic hydroxyl groups is 1. The van der Waals surface area contributed by atoms with Crippen LogP contribution in [0.1, 0.15) is 4.88 Å². The lowest BCUT2D eigenvalue weighted by atomic mass is 10.1. The molecule has 2 heterocycles. The molecule has 1 atom stereocenters. The lowest BCUT2D eigenvalue weighted by molar-refractivity contribution is -0.0264. The summed E-state index contributed by atoms with van der Waals surface area (Å²) in [6.07, 6.45) is 0. The Morgan fingerprint density at radius 1 is 1.62 bits per heavy atom. The molecule has 0 bridgehead atoms. The van der Waals surface area contributed by atoms with Crippen molar-refractivity contribution in [3.8, 4) is 0 Å². The molecule has 1 aromatic rings. The number of hydrogen-bond donors (Lipinski definition) is 3. The van der Waals surface area contributed by atoms with Crippen molar-refractivity contribution in [3.63, 3.8) is 0 Å². The van der Waals surface area contributed by atoms with Crippen molar-refractivity contribution in [2.75, 3.05) is 32.8 Å². The van der Waals surface area contributed by atoms with E-state index in [4.69, 9.17) is 4.74 Å². The van der Waals surface area contributed by atoms with Crippen molar-refractivity contribution < 1.29 is 9.84 Å². The van der Waals surface area contributed by atoms with E-state index in [1.807, 2.05) is 6.07 Å². The molecule has 90 valence electrons. The Hall–Kier alpha value is -0.460. The van der Waals surface area contributed by atoms with Crippen LogP contribution < -0.4 is 10.6 Å². The van der Waals surface area contributed by atoms with Crippen molar-refractivity contribution in [1.29, 1.82) is 0 Å². The summed E-state index contributed by atoms with van der Waals surface area (Å²) in [5, 5.41) is 18.7. The van der Waals surface area contributed by atoms with E-state index < -0.39 is 5.60 Å². The normalized spacial score (nSPS) is 26.6. The Morgan fingerprint density at radius 2 is 2.56 bits per heavy atom. The third-order valence-electron chi connectivity index (χ3n) is 2.58. The van der Waals surface area contributed by atoms with Gasteiger partial charge in [0.25, 0.3) is 0 Å². The third-order valence-corrected chi connectivity index (χ3v) is 3.46. The molecule has 0 spiro atoms. The van der Waals surface area contributed by atoms with E-state index in [1.54, 1.807) is 11.3 Å². The van der Waals surface area contributed by atoms with E-state index in [2.05, 4.69) is 22.1 Å². The minimum atomic E-state index is -0.784. The molecule has 4 nitrogen and oxygen atoms in total. The molecule has 1 aromatic heterocycles. The maximum absolute atomic E-state index is 10.2. The van der Waals surface area contributed by atoms with Crippen molar-refractivity contribution in [2.45, 2.75) is 12.1 Å². The lowest BCUT2D eigenvalue weighted by Gasteiger charge is -2.26. The van der Waals surface area contributed by atoms with Gasteiger partial charge < -0.3 is 20.5 Å². The van der Waals surface area contributed by atoms with Crippen molar-refractivity contribution in [2.24, 2.45) is 0 Å². The average molecular weight is 242 g/mol. The zero-order valence-electron chi connectivity index (χ0n) is 9.24. The largest absolute Gasteiger partial charge is 0.385 e. The first-order valence-electron chi connectivity index (χ1n) is 5.52. The molecule has 5 heteroatoms. The summed E-state index contributed by atoms with van der Waals surface area (Å²) in [5.41, 5.74) is -0.784. The smallest absolute Gasteiger partial charge is 0.113 e. The van der Waals surface area contributed by atoms with E-state index in [1.165, 1.54) is 4.88 Å². The first kappa shape index (κ1) is 12.0. The fourth-order valence-corrected chi connectivity index (χ4v) is 2.40. The van der Waals surface area contributed by atoms with Gasteiger partial charge in [-0.1, -0.05) is 6.07 Å². The second-order valence-electron chi connectivity index (χ2n) is 4.14. The highest BCUT2D eigenvalue weighted by molar-refractivity contribution is 7.09. The van der Waals surface area contributed by atoms with Gasteiger partial charge in [-0.05, 0) is 11.4 Å². The number of nitrogens with one attached hydrogen (secondary N) is 2. The van der Waals surface area contributed by atoms with Crippen molar-refractivity contribution in [1.82, 2.24) is 10.6 Å². The molecule has 3 N–H and O–H groups in total. The Bertz CT molecular complexity index is 295. The number of thiophene rings is 1. The highest BCUT2D eigenvalue weighted by Crippen LogP contribution is 2.09. The second-order valence-corrected chi connectivity index (χ2v) is 5.17. The van der Waals surface area contributed by atoms with Gasteiger partial charge in [0, 0.05) is 31.1 Å². The molecule has 0 amide bonds. The highest BCUT2D eigenvalue weighted by Gasteiger charge is 2.28. The summed E-state index contributed by atoms with van der Waals surface area (Å²) in [6.45, 7) is 3.83. The number of hydrogen-bond acceptors (Lipinski definition) is 5. The molecular formula is C11H18N2O2S. The fraction of sp³-hybridized carbons (Fsp3) is 0.636. The second kappa shape index (κ2) is 5.75. The summed E-state index contributed by atoms with van der Waals surface area (Å²) >= 11 is 1.72. The molecule has 0 radical (unpaired) electrons. The fourth-order valence-electron chi connectivity index (χ4n) is 1.72. The topological polar surface area (TPSA) is 53.5 Å². The molecule has 1 unspecified atom stereocenters. The number of rotatable bonds is 4. The summed E-state index contributed by atoms with van der Waals surface area (Å²) in [7, 11) is 0. The number of β-amino-alcohol motifs (C(OH)–C–C–N with tert-alkyl or cyclic N) is 1. The van der Waals surface area contributed by atoms with Crippen LogP contribution in [0.5, 0.6) is 0 Å². The minimum absolute atomic E-state index is 0.400. The molecule has 1 saturated heterocycles. The van der Waals surface area contributed by atoms with E-state index in [0.29, 0.717) is 26.3 Å². The van der Waals surface area contributed by atoms with E-state index in [0.717, 1.165) is 13.1 Å². The minimum Gasteiger partial charge on any atom is -0.385 e. The van der Waals surface area contributed by atoms with Crippen molar-refractivity contribution >= 4 is 11.3 Å². The van der Waals surface area contributed by atoms with Crippen LogP contribution in [0.4, 0.5) is 0 Å².